The Morgan fingerprint density at radius 3 is 2.83 bits per heavy atom. The van der Waals surface area contributed by atoms with Crippen LogP contribution in [0.25, 0.3) is 0 Å². The first-order valence-corrected chi connectivity index (χ1v) is 8.63. The second-order valence-electron chi connectivity index (χ2n) is 4.25. The lowest BCUT2D eigenvalue weighted by molar-refractivity contribution is 0.361. The van der Waals surface area contributed by atoms with Crippen LogP contribution in [0.3, 0.4) is 0 Å². The Kier molecular flexibility index (Phi) is 6.08. The standard InChI is InChI=1S/C10H15BrN2O2S2.ClH/c1-7-6-8(2-4-12-7)13-17(14,15)10-9(11)3-5-16-10;/h3,5,7-8,12-13H,2,4,6H2,1H3;1H. The highest BCUT2D eigenvalue weighted by Crippen LogP contribution is 2.28. The van der Waals surface area contributed by atoms with Gasteiger partial charge in [0.05, 0.1) is 0 Å². The maximum absolute atomic E-state index is 12.1. The molecule has 1 aliphatic rings. The minimum Gasteiger partial charge on any atom is -0.314 e. The molecule has 1 aromatic heterocycles. The van der Waals surface area contributed by atoms with Gasteiger partial charge in [-0.3, -0.25) is 0 Å². The van der Waals surface area contributed by atoms with Gasteiger partial charge in [-0.1, -0.05) is 0 Å². The van der Waals surface area contributed by atoms with Crippen molar-refractivity contribution in [1.82, 2.24) is 10.0 Å². The molecule has 1 fully saturated rings. The molecule has 8 heteroatoms. The van der Waals surface area contributed by atoms with Gasteiger partial charge in [0.25, 0.3) is 10.0 Å². The molecule has 2 N–H and O–H groups in total. The SMILES string of the molecule is CC1CC(NS(=O)(=O)c2sccc2Br)CCN1.Cl. The van der Waals surface area contributed by atoms with E-state index in [-0.39, 0.29) is 18.4 Å². The lowest BCUT2D eigenvalue weighted by Crippen LogP contribution is -2.46. The average molecular weight is 376 g/mol. The first-order chi connectivity index (χ1) is 7.99. The molecule has 1 aliphatic heterocycles. The second kappa shape index (κ2) is 6.67. The summed E-state index contributed by atoms with van der Waals surface area (Å²) in [6.07, 6.45) is 1.68. The van der Waals surface area contributed by atoms with Gasteiger partial charge in [-0.2, -0.15) is 0 Å². The number of hydrogen-bond donors (Lipinski definition) is 2. The third-order valence-corrected chi connectivity index (χ3v) is 6.96. The van der Waals surface area contributed by atoms with E-state index in [0.717, 1.165) is 19.4 Å². The average Bonchev–Trinajstić information content (AvgIpc) is 2.64. The molecule has 1 aromatic rings. The molecule has 104 valence electrons. The van der Waals surface area contributed by atoms with E-state index in [4.69, 9.17) is 0 Å². The van der Waals surface area contributed by atoms with Crippen LogP contribution in [-0.4, -0.2) is 27.0 Å². The fraction of sp³-hybridized carbons (Fsp3) is 0.600. The molecule has 2 rings (SSSR count). The van der Waals surface area contributed by atoms with Gasteiger partial charge in [-0.15, -0.1) is 23.7 Å². The molecule has 0 aliphatic carbocycles. The Labute approximate surface area is 126 Å². The number of hydrogen-bond acceptors (Lipinski definition) is 4. The van der Waals surface area contributed by atoms with Gasteiger partial charge >= 0.3 is 0 Å². The van der Waals surface area contributed by atoms with Crippen molar-refractivity contribution in [3.63, 3.8) is 0 Å². The summed E-state index contributed by atoms with van der Waals surface area (Å²) in [6.45, 7) is 2.93. The van der Waals surface area contributed by atoms with E-state index in [9.17, 15) is 8.42 Å². The zero-order chi connectivity index (χ0) is 12.5. The monoisotopic (exact) mass is 374 g/mol. The summed E-state index contributed by atoms with van der Waals surface area (Å²) in [4.78, 5) is 0. The third-order valence-electron chi connectivity index (χ3n) is 2.77. The lowest BCUT2D eigenvalue weighted by atomic mass is 10.0. The molecule has 2 atom stereocenters. The van der Waals surface area contributed by atoms with E-state index >= 15 is 0 Å². The van der Waals surface area contributed by atoms with E-state index in [1.54, 1.807) is 11.4 Å². The van der Waals surface area contributed by atoms with Crippen LogP contribution in [0.2, 0.25) is 0 Å². The Morgan fingerprint density at radius 2 is 2.28 bits per heavy atom. The Hall–Kier alpha value is 0.340. The van der Waals surface area contributed by atoms with Gasteiger partial charge in [-0.05, 0) is 53.7 Å². The van der Waals surface area contributed by atoms with Gasteiger partial charge in [0, 0.05) is 16.6 Å². The predicted octanol–water partition coefficient (Wildman–Crippen LogP) is 2.35. The van der Waals surface area contributed by atoms with Gasteiger partial charge in [0.2, 0.25) is 0 Å². The molecular formula is C10H16BrClN2O2S2. The molecule has 0 radical (unpaired) electrons. The molecular weight excluding hydrogens is 360 g/mol. The summed E-state index contributed by atoms with van der Waals surface area (Å²) >= 11 is 4.49. The Balaban J connectivity index is 0.00000162. The fourth-order valence-corrected chi connectivity index (χ4v) is 5.62. The van der Waals surface area contributed by atoms with Crippen LogP contribution in [0.4, 0.5) is 0 Å². The number of halogens is 2. The number of thiophene rings is 1. The largest absolute Gasteiger partial charge is 0.314 e. The van der Waals surface area contributed by atoms with Crippen molar-refractivity contribution >= 4 is 49.7 Å². The topological polar surface area (TPSA) is 58.2 Å². The summed E-state index contributed by atoms with van der Waals surface area (Å²) < 4.78 is 28.1. The van der Waals surface area contributed by atoms with E-state index in [1.165, 1.54) is 11.3 Å². The minimum absolute atomic E-state index is 0. The van der Waals surface area contributed by atoms with Gasteiger partial charge in [0.15, 0.2) is 0 Å². The van der Waals surface area contributed by atoms with Crippen molar-refractivity contribution in [2.24, 2.45) is 0 Å². The summed E-state index contributed by atoms with van der Waals surface area (Å²) in [5.74, 6) is 0. The first kappa shape index (κ1) is 16.4. The van der Waals surface area contributed by atoms with E-state index < -0.39 is 10.0 Å². The molecule has 0 amide bonds. The lowest BCUT2D eigenvalue weighted by Gasteiger charge is -2.28. The molecule has 0 spiro atoms. The summed E-state index contributed by atoms with van der Waals surface area (Å²) in [6, 6.07) is 2.15. The zero-order valence-electron chi connectivity index (χ0n) is 9.85. The van der Waals surface area contributed by atoms with Crippen molar-refractivity contribution in [2.45, 2.75) is 36.1 Å². The molecule has 1 saturated heterocycles. The quantitative estimate of drug-likeness (QED) is 0.852. The van der Waals surface area contributed by atoms with Crippen LogP contribution >= 0.6 is 39.7 Å². The van der Waals surface area contributed by atoms with Crippen LogP contribution < -0.4 is 10.0 Å². The first-order valence-electron chi connectivity index (χ1n) is 5.48. The number of piperidine rings is 1. The molecule has 4 nitrogen and oxygen atoms in total. The van der Waals surface area contributed by atoms with Crippen LogP contribution in [-0.2, 0) is 10.0 Å². The number of rotatable bonds is 3. The number of sulfonamides is 1. The molecule has 2 heterocycles. The highest BCUT2D eigenvalue weighted by atomic mass is 79.9. The van der Waals surface area contributed by atoms with E-state index in [0.29, 0.717) is 14.7 Å². The Bertz CT molecular complexity index is 492. The predicted molar refractivity (Wildman–Crippen MR) is 80.1 cm³/mol. The molecule has 0 bridgehead atoms. The third kappa shape index (κ3) is 3.91. The van der Waals surface area contributed by atoms with Crippen molar-refractivity contribution in [3.05, 3.63) is 15.9 Å². The zero-order valence-corrected chi connectivity index (χ0v) is 13.9. The van der Waals surface area contributed by atoms with E-state index in [1.807, 2.05) is 0 Å². The highest BCUT2D eigenvalue weighted by Gasteiger charge is 2.26. The second-order valence-corrected chi connectivity index (χ2v) is 7.93. The summed E-state index contributed by atoms with van der Waals surface area (Å²) in [7, 11) is -3.38. The van der Waals surface area contributed by atoms with Crippen molar-refractivity contribution in [3.8, 4) is 0 Å². The van der Waals surface area contributed by atoms with Crippen molar-refractivity contribution in [2.75, 3.05) is 6.54 Å². The smallest absolute Gasteiger partial charge is 0.251 e. The summed E-state index contributed by atoms with van der Waals surface area (Å²) in [5, 5.41) is 5.07. The van der Waals surface area contributed by atoms with Gasteiger partial charge < -0.3 is 5.32 Å². The summed E-state index contributed by atoms with van der Waals surface area (Å²) in [5.41, 5.74) is 0. The van der Waals surface area contributed by atoms with E-state index in [2.05, 4.69) is 32.9 Å². The normalized spacial score (nSPS) is 24.6. The van der Waals surface area contributed by atoms with Crippen LogP contribution in [0.15, 0.2) is 20.1 Å². The highest BCUT2D eigenvalue weighted by molar-refractivity contribution is 9.10. The number of nitrogens with one attached hydrogen (secondary N) is 2. The minimum atomic E-state index is -3.38. The Morgan fingerprint density at radius 1 is 1.56 bits per heavy atom. The fourth-order valence-electron chi connectivity index (χ4n) is 1.98. The van der Waals surface area contributed by atoms with Crippen molar-refractivity contribution in [1.29, 1.82) is 0 Å². The van der Waals surface area contributed by atoms with Crippen LogP contribution in [0, 0.1) is 0 Å². The van der Waals surface area contributed by atoms with Gasteiger partial charge in [-0.25, -0.2) is 13.1 Å². The van der Waals surface area contributed by atoms with Crippen LogP contribution in [0.5, 0.6) is 0 Å². The van der Waals surface area contributed by atoms with Gasteiger partial charge in [0.1, 0.15) is 4.21 Å². The molecule has 0 saturated carbocycles. The maximum Gasteiger partial charge on any atom is 0.251 e. The molecule has 18 heavy (non-hydrogen) atoms. The molecule has 2 unspecified atom stereocenters. The maximum atomic E-state index is 12.1. The molecule has 0 aromatic carbocycles. The van der Waals surface area contributed by atoms with Crippen LogP contribution in [0.1, 0.15) is 19.8 Å². The van der Waals surface area contributed by atoms with Crippen molar-refractivity contribution < 1.29 is 8.42 Å².